The van der Waals surface area contributed by atoms with Gasteiger partial charge in [-0.3, -0.25) is 4.79 Å². The second-order valence-corrected chi connectivity index (χ2v) is 9.18. The Morgan fingerprint density at radius 2 is 2.03 bits per heavy atom. The Morgan fingerprint density at radius 3 is 2.71 bits per heavy atom. The van der Waals surface area contributed by atoms with Crippen LogP contribution in [0.25, 0.3) is 11.1 Å². The van der Waals surface area contributed by atoms with Gasteiger partial charge in [-0.1, -0.05) is 11.6 Å². The van der Waals surface area contributed by atoms with Crippen LogP contribution in [-0.2, 0) is 0 Å². The van der Waals surface area contributed by atoms with Crippen molar-refractivity contribution in [1.82, 2.24) is 15.3 Å². The molecule has 0 amide bonds. The largest absolute Gasteiger partial charge is 0.440 e. The SMILES string of the molecule is CCN(C)c1cc(C=O)ccn1.CNC1CC2(C1)CC(c1nc3cc(Cl)ccc3o1)C2. The highest BCUT2D eigenvalue weighted by Gasteiger charge is 2.53. The number of anilines is 1. The molecule has 164 valence electrons. The smallest absolute Gasteiger partial charge is 0.198 e. The fourth-order valence-corrected chi connectivity index (χ4v) is 4.82. The summed E-state index contributed by atoms with van der Waals surface area (Å²) in [5.74, 6) is 2.24. The Bertz CT molecular complexity index is 1050. The van der Waals surface area contributed by atoms with Crippen LogP contribution < -0.4 is 10.2 Å². The van der Waals surface area contributed by atoms with Crippen molar-refractivity contribution in [3.63, 3.8) is 0 Å². The van der Waals surface area contributed by atoms with Crippen molar-refractivity contribution in [2.45, 2.75) is 44.6 Å². The van der Waals surface area contributed by atoms with Crippen LogP contribution in [-0.4, -0.2) is 42.9 Å². The molecule has 2 aliphatic rings. The van der Waals surface area contributed by atoms with Crippen molar-refractivity contribution >= 4 is 34.8 Å². The minimum atomic E-state index is 0.504. The van der Waals surface area contributed by atoms with Crippen molar-refractivity contribution < 1.29 is 9.21 Å². The molecule has 6 nitrogen and oxygen atoms in total. The van der Waals surface area contributed by atoms with Crippen molar-refractivity contribution in [2.24, 2.45) is 5.41 Å². The third kappa shape index (κ3) is 4.60. The molecule has 1 spiro atoms. The van der Waals surface area contributed by atoms with E-state index in [4.69, 9.17) is 16.0 Å². The van der Waals surface area contributed by atoms with Crippen molar-refractivity contribution in [3.8, 4) is 0 Å². The second kappa shape index (κ2) is 8.97. The third-order valence-corrected chi connectivity index (χ3v) is 6.85. The zero-order valence-electron chi connectivity index (χ0n) is 18.3. The Hall–Kier alpha value is -2.44. The number of nitrogens with zero attached hydrogens (tertiary/aromatic N) is 3. The van der Waals surface area contributed by atoms with E-state index in [0.29, 0.717) is 21.9 Å². The van der Waals surface area contributed by atoms with Gasteiger partial charge in [-0.25, -0.2) is 9.97 Å². The van der Waals surface area contributed by atoms with Gasteiger partial charge in [0.2, 0.25) is 0 Å². The molecule has 2 fully saturated rings. The van der Waals surface area contributed by atoms with Crippen molar-refractivity contribution in [3.05, 3.63) is 53.0 Å². The average Bonchev–Trinajstić information content (AvgIpc) is 3.14. The van der Waals surface area contributed by atoms with Gasteiger partial charge < -0.3 is 14.6 Å². The number of carbonyl (C=O) groups is 1. The summed E-state index contributed by atoms with van der Waals surface area (Å²) in [6.45, 7) is 2.92. The third-order valence-electron chi connectivity index (χ3n) is 6.61. The highest BCUT2D eigenvalue weighted by molar-refractivity contribution is 6.31. The van der Waals surface area contributed by atoms with Gasteiger partial charge in [0.05, 0.1) is 0 Å². The molecule has 0 atom stereocenters. The number of fused-ring (bicyclic) bond motifs is 1. The first-order chi connectivity index (χ1) is 14.9. The van der Waals surface area contributed by atoms with E-state index < -0.39 is 0 Å². The van der Waals surface area contributed by atoms with Gasteiger partial charge in [-0.15, -0.1) is 0 Å². The Labute approximate surface area is 188 Å². The van der Waals surface area contributed by atoms with E-state index in [9.17, 15) is 4.79 Å². The first-order valence-corrected chi connectivity index (χ1v) is 11.2. The number of aromatic nitrogens is 2. The van der Waals surface area contributed by atoms with Crippen LogP contribution in [0, 0.1) is 5.41 Å². The number of halogens is 1. The maximum Gasteiger partial charge on any atom is 0.198 e. The molecule has 3 aromatic rings. The van der Waals surface area contributed by atoms with Crippen LogP contribution in [0.2, 0.25) is 5.02 Å². The van der Waals surface area contributed by atoms with Crippen LogP contribution in [0.4, 0.5) is 5.82 Å². The maximum absolute atomic E-state index is 10.4. The lowest BCUT2D eigenvalue weighted by molar-refractivity contribution is -0.0251. The highest BCUT2D eigenvalue weighted by Crippen LogP contribution is 2.61. The number of carbonyl (C=O) groups excluding carboxylic acids is 1. The van der Waals surface area contributed by atoms with Gasteiger partial charge in [-0.2, -0.15) is 0 Å². The molecule has 0 aliphatic heterocycles. The van der Waals surface area contributed by atoms with Crippen LogP contribution >= 0.6 is 11.6 Å². The summed E-state index contributed by atoms with van der Waals surface area (Å²) in [7, 11) is 4.00. The fraction of sp³-hybridized carbons (Fsp3) is 0.458. The van der Waals surface area contributed by atoms with Gasteiger partial charge in [0.25, 0.3) is 0 Å². The van der Waals surface area contributed by atoms with E-state index in [1.54, 1.807) is 18.3 Å². The van der Waals surface area contributed by atoms with E-state index in [-0.39, 0.29) is 0 Å². The molecule has 5 rings (SSSR count). The number of hydrogen-bond donors (Lipinski definition) is 1. The molecule has 31 heavy (non-hydrogen) atoms. The van der Waals surface area contributed by atoms with E-state index in [2.05, 4.69) is 22.3 Å². The number of oxazole rings is 1. The number of pyridine rings is 1. The zero-order chi connectivity index (χ0) is 22.0. The predicted octanol–water partition coefficient (Wildman–Crippen LogP) is 5.08. The van der Waals surface area contributed by atoms with Crippen LogP contribution in [0.3, 0.4) is 0 Å². The van der Waals surface area contributed by atoms with Gasteiger partial charge in [0.15, 0.2) is 11.5 Å². The van der Waals surface area contributed by atoms with E-state index in [1.165, 1.54) is 25.7 Å². The molecule has 0 bridgehead atoms. The molecule has 2 aromatic heterocycles. The monoisotopic (exact) mass is 440 g/mol. The summed E-state index contributed by atoms with van der Waals surface area (Å²) < 4.78 is 5.86. The Morgan fingerprint density at radius 1 is 1.26 bits per heavy atom. The summed E-state index contributed by atoms with van der Waals surface area (Å²) in [5, 5.41) is 4.07. The van der Waals surface area contributed by atoms with Crippen molar-refractivity contribution in [2.75, 3.05) is 25.5 Å². The topological polar surface area (TPSA) is 71.3 Å². The first kappa shape index (κ1) is 21.8. The first-order valence-electron chi connectivity index (χ1n) is 10.8. The molecule has 0 radical (unpaired) electrons. The summed E-state index contributed by atoms with van der Waals surface area (Å²) in [6, 6.07) is 9.83. The van der Waals surface area contributed by atoms with Crippen LogP contribution in [0.5, 0.6) is 0 Å². The molecule has 2 aliphatic carbocycles. The molecular weight excluding hydrogens is 412 g/mol. The summed E-state index contributed by atoms with van der Waals surface area (Å²) in [4.78, 5) is 21.1. The van der Waals surface area contributed by atoms with Crippen LogP contribution in [0.15, 0.2) is 40.9 Å². The molecule has 0 unspecified atom stereocenters. The lowest BCUT2D eigenvalue weighted by Crippen LogP contribution is -2.53. The number of aldehydes is 1. The van der Waals surface area contributed by atoms with E-state index >= 15 is 0 Å². The van der Waals surface area contributed by atoms with Gasteiger partial charge in [-0.05, 0) is 75.4 Å². The van der Waals surface area contributed by atoms with Gasteiger partial charge >= 0.3 is 0 Å². The number of benzene rings is 1. The Balaban J connectivity index is 0.000000168. The molecular formula is C24H29ClN4O2. The van der Waals surface area contributed by atoms with Gasteiger partial charge in [0.1, 0.15) is 17.6 Å². The standard InChI is InChI=1S/C15H17ClN2O.C9H12N2O/c1-17-11-7-15(8-11)5-9(6-15)14-18-12-4-10(16)2-3-13(12)19-14;1-3-11(2)9-6-8(7-12)4-5-10-9/h2-4,9,11,17H,5-8H2,1H3;4-7H,3H2,1-2H3. The summed E-state index contributed by atoms with van der Waals surface area (Å²) >= 11 is 5.98. The zero-order valence-corrected chi connectivity index (χ0v) is 19.0. The van der Waals surface area contributed by atoms with Crippen LogP contribution in [0.1, 0.15) is 54.8 Å². The minimum absolute atomic E-state index is 0.504. The van der Waals surface area contributed by atoms with Gasteiger partial charge in [0, 0.05) is 42.3 Å². The lowest BCUT2D eigenvalue weighted by Gasteiger charge is -2.57. The predicted molar refractivity (Wildman–Crippen MR) is 124 cm³/mol. The maximum atomic E-state index is 10.4. The fourth-order valence-electron chi connectivity index (χ4n) is 4.65. The molecule has 7 heteroatoms. The molecule has 2 saturated carbocycles. The minimum Gasteiger partial charge on any atom is -0.440 e. The number of hydrogen-bond acceptors (Lipinski definition) is 6. The summed E-state index contributed by atoms with van der Waals surface area (Å²) in [6.07, 6.45) is 7.55. The molecule has 0 saturated heterocycles. The quantitative estimate of drug-likeness (QED) is 0.558. The molecule has 2 heterocycles. The molecule has 1 aromatic carbocycles. The van der Waals surface area contributed by atoms with E-state index in [1.807, 2.05) is 37.1 Å². The normalized spacial score (nSPS) is 24.1. The number of nitrogens with one attached hydrogen (secondary N) is 1. The highest BCUT2D eigenvalue weighted by atomic mass is 35.5. The average molecular weight is 441 g/mol. The number of rotatable bonds is 5. The lowest BCUT2D eigenvalue weighted by atomic mass is 9.50. The molecule has 1 N–H and O–H groups in total. The summed E-state index contributed by atoms with van der Waals surface area (Å²) in [5.41, 5.74) is 2.98. The van der Waals surface area contributed by atoms with Crippen molar-refractivity contribution in [1.29, 1.82) is 0 Å². The Kier molecular flexibility index (Phi) is 6.30. The second-order valence-electron chi connectivity index (χ2n) is 8.74. The van der Waals surface area contributed by atoms with E-state index in [0.717, 1.165) is 41.7 Å².